The highest BCUT2D eigenvalue weighted by Crippen LogP contribution is 2.61. The summed E-state index contributed by atoms with van der Waals surface area (Å²) in [5, 5.41) is 20.0. The van der Waals surface area contributed by atoms with Crippen molar-refractivity contribution >= 4 is 5.97 Å². The SMILES string of the molecule is O=C(O)c1ccccc1C#Cc1ccc(O)c(C23CC4CC(CC(C4)C2)C3)c1. The average molecular weight is 372 g/mol. The number of phenolic OH excluding ortho intramolecular Hbond substituents is 1. The summed E-state index contributed by atoms with van der Waals surface area (Å²) in [5.74, 6) is 7.99. The van der Waals surface area contributed by atoms with Gasteiger partial charge in [0, 0.05) is 16.7 Å². The summed E-state index contributed by atoms with van der Waals surface area (Å²) in [6.07, 6.45) is 7.66. The molecule has 2 aromatic carbocycles. The molecule has 4 saturated carbocycles. The minimum atomic E-state index is -0.968. The summed E-state index contributed by atoms with van der Waals surface area (Å²) in [6, 6.07) is 12.5. The van der Waals surface area contributed by atoms with Crippen LogP contribution in [0, 0.1) is 29.6 Å². The van der Waals surface area contributed by atoms with Crippen molar-refractivity contribution in [2.24, 2.45) is 17.8 Å². The van der Waals surface area contributed by atoms with E-state index >= 15 is 0 Å². The van der Waals surface area contributed by atoms with Gasteiger partial charge in [0.25, 0.3) is 0 Å². The first-order valence-corrected chi connectivity index (χ1v) is 10.2. The molecule has 3 heteroatoms. The summed E-state index contributed by atoms with van der Waals surface area (Å²) in [4.78, 5) is 11.4. The molecule has 0 unspecified atom stereocenters. The highest BCUT2D eigenvalue weighted by atomic mass is 16.4. The van der Waals surface area contributed by atoms with Gasteiger partial charge >= 0.3 is 5.97 Å². The zero-order valence-electron chi connectivity index (χ0n) is 15.8. The molecular weight excluding hydrogens is 348 g/mol. The molecule has 3 nitrogen and oxygen atoms in total. The van der Waals surface area contributed by atoms with Gasteiger partial charge in [-0.2, -0.15) is 0 Å². The third kappa shape index (κ3) is 2.88. The zero-order valence-corrected chi connectivity index (χ0v) is 15.8. The van der Waals surface area contributed by atoms with Gasteiger partial charge < -0.3 is 10.2 Å². The van der Waals surface area contributed by atoms with Crippen LogP contribution in [-0.4, -0.2) is 16.2 Å². The van der Waals surface area contributed by atoms with E-state index in [4.69, 9.17) is 0 Å². The Hall–Kier alpha value is -2.73. The first-order valence-electron chi connectivity index (χ1n) is 10.2. The van der Waals surface area contributed by atoms with E-state index in [1.807, 2.05) is 6.07 Å². The Balaban J connectivity index is 1.51. The largest absolute Gasteiger partial charge is 0.508 e. The third-order valence-corrected chi connectivity index (χ3v) is 7.11. The number of carboxylic acid groups (broad SMARTS) is 1. The normalized spacial score (nSPS) is 29.9. The Morgan fingerprint density at radius 3 is 2.21 bits per heavy atom. The molecule has 28 heavy (non-hydrogen) atoms. The Morgan fingerprint density at radius 2 is 1.57 bits per heavy atom. The minimum Gasteiger partial charge on any atom is -0.508 e. The second-order valence-corrected chi connectivity index (χ2v) is 9.03. The molecule has 0 amide bonds. The fourth-order valence-electron chi connectivity index (χ4n) is 6.40. The van der Waals surface area contributed by atoms with Crippen molar-refractivity contribution in [1.82, 2.24) is 0 Å². The van der Waals surface area contributed by atoms with Gasteiger partial charge in [-0.25, -0.2) is 4.79 Å². The molecule has 0 spiro atoms. The minimum absolute atomic E-state index is 0.107. The number of aromatic hydroxyl groups is 1. The van der Waals surface area contributed by atoms with Crippen LogP contribution in [0.3, 0.4) is 0 Å². The molecule has 0 radical (unpaired) electrons. The van der Waals surface area contributed by atoms with Crippen molar-refractivity contribution in [3.8, 4) is 17.6 Å². The quantitative estimate of drug-likeness (QED) is 0.733. The maximum absolute atomic E-state index is 11.4. The van der Waals surface area contributed by atoms with Gasteiger partial charge in [0.1, 0.15) is 5.75 Å². The van der Waals surface area contributed by atoms with Crippen molar-refractivity contribution in [2.75, 3.05) is 0 Å². The fraction of sp³-hybridized carbons (Fsp3) is 0.400. The van der Waals surface area contributed by atoms with E-state index in [9.17, 15) is 15.0 Å². The molecule has 2 N–H and O–H groups in total. The average Bonchev–Trinajstić information content (AvgIpc) is 2.66. The molecule has 142 valence electrons. The number of benzene rings is 2. The van der Waals surface area contributed by atoms with Gasteiger partial charge in [-0.1, -0.05) is 24.0 Å². The monoisotopic (exact) mass is 372 g/mol. The van der Waals surface area contributed by atoms with E-state index in [-0.39, 0.29) is 11.0 Å². The molecule has 2 aromatic rings. The van der Waals surface area contributed by atoms with Gasteiger partial charge in [0.15, 0.2) is 0 Å². The number of hydrogen-bond donors (Lipinski definition) is 2. The van der Waals surface area contributed by atoms with Gasteiger partial charge in [-0.15, -0.1) is 0 Å². The first-order chi connectivity index (χ1) is 13.5. The Bertz CT molecular complexity index is 973. The van der Waals surface area contributed by atoms with E-state index in [0.717, 1.165) is 28.9 Å². The van der Waals surface area contributed by atoms with E-state index in [2.05, 4.69) is 17.9 Å². The van der Waals surface area contributed by atoms with Crippen LogP contribution in [0.1, 0.15) is 65.6 Å². The number of carboxylic acids is 1. The molecule has 4 bridgehead atoms. The lowest BCUT2D eigenvalue weighted by molar-refractivity contribution is -0.00614. The Kier molecular flexibility index (Phi) is 3.98. The predicted molar refractivity (Wildman–Crippen MR) is 107 cm³/mol. The molecule has 6 rings (SSSR count). The van der Waals surface area contributed by atoms with E-state index in [1.54, 1.807) is 30.3 Å². The van der Waals surface area contributed by atoms with Crippen LogP contribution in [-0.2, 0) is 5.41 Å². The summed E-state index contributed by atoms with van der Waals surface area (Å²) in [5.41, 5.74) is 2.73. The molecule has 0 atom stereocenters. The van der Waals surface area contributed by atoms with Crippen molar-refractivity contribution in [2.45, 2.75) is 43.9 Å². The molecule has 0 aliphatic heterocycles. The Labute approximate surface area is 165 Å². The smallest absolute Gasteiger partial charge is 0.336 e. The molecule has 0 aromatic heterocycles. The third-order valence-electron chi connectivity index (χ3n) is 7.11. The first kappa shape index (κ1) is 17.4. The van der Waals surface area contributed by atoms with Crippen LogP contribution in [0.4, 0.5) is 0 Å². The topological polar surface area (TPSA) is 57.5 Å². The number of carbonyl (C=O) groups is 1. The lowest BCUT2D eigenvalue weighted by atomic mass is 9.48. The second kappa shape index (κ2) is 6.41. The van der Waals surface area contributed by atoms with Crippen LogP contribution >= 0.6 is 0 Å². The van der Waals surface area contributed by atoms with Crippen molar-refractivity contribution in [1.29, 1.82) is 0 Å². The molecule has 4 fully saturated rings. The molecular formula is C25H24O3. The summed E-state index contributed by atoms with van der Waals surface area (Å²) in [7, 11) is 0. The van der Waals surface area contributed by atoms with Crippen molar-refractivity contribution < 1.29 is 15.0 Å². The van der Waals surface area contributed by atoms with Crippen LogP contribution in [0.15, 0.2) is 42.5 Å². The molecule has 0 heterocycles. The summed E-state index contributed by atoms with van der Waals surface area (Å²) < 4.78 is 0. The molecule has 0 saturated heterocycles. The number of hydrogen-bond acceptors (Lipinski definition) is 2. The summed E-state index contributed by atoms with van der Waals surface area (Å²) in [6.45, 7) is 0. The van der Waals surface area contributed by atoms with Crippen LogP contribution in [0.25, 0.3) is 0 Å². The van der Waals surface area contributed by atoms with E-state index < -0.39 is 5.97 Å². The van der Waals surface area contributed by atoms with Crippen molar-refractivity contribution in [3.05, 3.63) is 64.7 Å². The molecule has 4 aliphatic carbocycles. The van der Waals surface area contributed by atoms with Crippen LogP contribution < -0.4 is 0 Å². The van der Waals surface area contributed by atoms with Crippen LogP contribution in [0.5, 0.6) is 5.75 Å². The van der Waals surface area contributed by atoms with Gasteiger partial charge in [-0.05, 0) is 92.0 Å². The highest BCUT2D eigenvalue weighted by Gasteiger charge is 2.52. The number of rotatable bonds is 2. The predicted octanol–water partition coefficient (Wildman–Crippen LogP) is 4.96. The van der Waals surface area contributed by atoms with Gasteiger partial charge in [0.2, 0.25) is 0 Å². The lowest BCUT2D eigenvalue weighted by Crippen LogP contribution is -2.48. The lowest BCUT2D eigenvalue weighted by Gasteiger charge is -2.57. The maximum Gasteiger partial charge on any atom is 0.336 e. The van der Waals surface area contributed by atoms with Gasteiger partial charge in [0.05, 0.1) is 5.56 Å². The van der Waals surface area contributed by atoms with Gasteiger partial charge in [-0.3, -0.25) is 0 Å². The van der Waals surface area contributed by atoms with E-state index in [0.29, 0.717) is 11.3 Å². The van der Waals surface area contributed by atoms with Crippen molar-refractivity contribution in [3.63, 3.8) is 0 Å². The number of aromatic carboxylic acids is 1. The standard InChI is InChI=1S/C25H24O3/c26-23-8-6-16(5-7-20-3-1-2-4-21(20)24(27)28)12-22(23)25-13-17-9-18(14-25)11-19(10-17)15-25/h1-4,6,8,12,17-19,26H,9-11,13-15H2,(H,27,28). The second-order valence-electron chi connectivity index (χ2n) is 9.03. The zero-order chi connectivity index (χ0) is 19.3. The van der Waals surface area contributed by atoms with E-state index in [1.165, 1.54) is 38.5 Å². The van der Waals surface area contributed by atoms with Crippen LogP contribution in [0.2, 0.25) is 0 Å². The summed E-state index contributed by atoms with van der Waals surface area (Å²) >= 11 is 0. The maximum atomic E-state index is 11.4. The fourth-order valence-corrected chi connectivity index (χ4v) is 6.40. The highest BCUT2D eigenvalue weighted by molar-refractivity contribution is 5.90. The Morgan fingerprint density at radius 1 is 0.929 bits per heavy atom. The number of phenols is 1. The molecule has 4 aliphatic rings.